The number of halogens is 1. The highest BCUT2D eigenvalue weighted by Crippen LogP contribution is 2.17. The zero-order valence-electron chi connectivity index (χ0n) is 9.60. The van der Waals surface area contributed by atoms with Gasteiger partial charge in [-0.2, -0.15) is 0 Å². The molecule has 0 spiro atoms. The molecule has 1 aliphatic heterocycles. The zero-order valence-corrected chi connectivity index (χ0v) is 11.2. The average Bonchev–Trinajstić information content (AvgIpc) is 2.38. The molecule has 0 radical (unpaired) electrons. The van der Waals surface area contributed by atoms with E-state index in [0.717, 1.165) is 4.47 Å². The molecule has 1 aromatic carbocycles. The molecule has 1 N–H and O–H groups in total. The molecular weight excluding hydrogens is 298 g/mol. The van der Waals surface area contributed by atoms with Gasteiger partial charge in [-0.25, -0.2) is 4.79 Å². The zero-order chi connectivity index (χ0) is 13.1. The number of rotatable bonds is 2. The van der Waals surface area contributed by atoms with E-state index in [9.17, 15) is 9.59 Å². The summed E-state index contributed by atoms with van der Waals surface area (Å²) >= 11 is 3.31. The van der Waals surface area contributed by atoms with E-state index in [1.165, 1.54) is 0 Å². The van der Waals surface area contributed by atoms with Crippen molar-refractivity contribution in [2.45, 2.75) is 6.42 Å². The van der Waals surface area contributed by atoms with E-state index >= 15 is 0 Å². The standard InChI is InChI=1S/C13H12BrNO3/c14-11-5-1-3-9(7-11)12(16)15-6-2-4-10(8-15)13(17)18/h1,3-5,7H,2,6,8H2,(H,17,18). The number of nitrogens with zero attached hydrogens (tertiary/aromatic N) is 1. The van der Waals surface area contributed by atoms with Gasteiger partial charge in [-0.3, -0.25) is 4.79 Å². The number of hydrogen-bond donors (Lipinski definition) is 1. The second kappa shape index (κ2) is 5.35. The molecule has 0 bridgehead atoms. The first-order chi connectivity index (χ1) is 8.58. The van der Waals surface area contributed by atoms with Gasteiger partial charge in [-0.05, 0) is 24.6 Å². The molecule has 0 unspecified atom stereocenters. The first-order valence-corrected chi connectivity index (χ1v) is 6.34. The molecule has 4 nitrogen and oxygen atoms in total. The number of amides is 1. The van der Waals surface area contributed by atoms with Gasteiger partial charge in [0.15, 0.2) is 0 Å². The fourth-order valence-electron chi connectivity index (χ4n) is 1.88. The molecule has 1 amide bonds. The fourth-order valence-corrected chi connectivity index (χ4v) is 2.28. The number of hydrogen-bond acceptors (Lipinski definition) is 2. The Balaban J connectivity index is 2.16. The van der Waals surface area contributed by atoms with Crippen LogP contribution in [0, 0.1) is 0 Å². The lowest BCUT2D eigenvalue weighted by Gasteiger charge is -2.26. The second-order valence-electron chi connectivity index (χ2n) is 4.06. The molecule has 0 saturated carbocycles. The summed E-state index contributed by atoms with van der Waals surface area (Å²) < 4.78 is 0.833. The minimum absolute atomic E-state index is 0.136. The highest BCUT2D eigenvalue weighted by atomic mass is 79.9. The van der Waals surface area contributed by atoms with E-state index in [1.807, 2.05) is 6.07 Å². The molecule has 0 fully saturated rings. The van der Waals surface area contributed by atoms with Gasteiger partial charge in [0.2, 0.25) is 0 Å². The molecule has 5 heteroatoms. The molecule has 0 aliphatic carbocycles. The van der Waals surface area contributed by atoms with Crippen LogP contribution in [0.25, 0.3) is 0 Å². The van der Waals surface area contributed by atoms with Crippen molar-refractivity contribution in [3.63, 3.8) is 0 Å². The van der Waals surface area contributed by atoms with Gasteiger partial charge in [0.1, 0.15) is 0 Å². The topological polar surface area (TPSA) is 57.6 Å². The van der Waals surface area contributed by atoms with Crippen molar-refractivity contribution in [2.24, 2.45) is 0 Å². The van der Waals surface area contributed by atoms with Crippen molar-refractivity contribution < 1.29 is 14.7 Å². The van der Waals surface area contributed by atoms with Crippen molar-refractivity contribution >= 4 is 27.8 Å². The van der Waals surface area contributed by atoms with E-state index in [2.05, 4.69) is 15.9 Å². The predicted octanol–water partition coefficient (Wildman–Crippen LogP) is 2.31. The molecule has 0 atom stereocenters. The third-order valence-corrected chi connectivity index (χ3v) is 3.28. The van der Waals surface area contributed by atoms with Crippen LogP contribution in [0.5, 0.6) is 0 Å². The summed E-state index contributed by atoms with van der Waals surface area (Å²) in [5.74, 6) is -1.09. The van der Waals surface area contributed by atoms with Gasteiger partial charge in [-0.15, -0.1) is 0 Å². The van der Waals surface area contributed by atoms with Crippen LogP contribution in [0.15, 0.2) is 40.4 Å². The molecule has 18 heavy (non-hydrogen) atoms. The molecule has 0 saturated heterocycles. The van der Waals surface area contributed by atoms with Crippen molar-refractivity contribution in [1.82, 2.24) is 4.90 Å². The number of carboxylic acids is 1. The van der Waals surface area contributed by atoms with Gasteiger partial charge < -0.3 is 10.0 Å². The maximum absolute atomic E-state index is 12.2. The van der Waals surface area contributed by atoms with Crippen LogP contribution >= 0.6 is 15.9 Å². The maximum atomic E-state index is 12.2. The van der Waals surface area contributed by atoms with Gasteiger partial charge in [0, 0.05) is 16.6 Å². The van der Waals surface area contributed by atoms with E-state index in [-0.39, 0.29) is 18.0 Å². The highest BCUT2D eigenvalue weighted by Gasteiger charge is 2.22. The summed E-state index contributed by atoms with van der Waals surface area (Å²) in [6, 6.07) is 7.09. The Morgan fingerprint density at radius 3 is 2.78 bits per heavy atom. The highest BCUT2D eigenvalue weighted by molar-refractivity contribution is 9.10. The van der Waals surface area contributed by atoms with Crippen LogP contribution in [0.4, 0.5) is 0 Å². The van der Waals surface area contributed by atoms with Crippen molar-refractivity contribution in [3.8, 4) is 0 Å². The van der Waals surface area contributed by atoms with Gasteiger partial charge >= 0.3 is 5.97 Å². The van der Waals surface area contributed by atoms with Gasteiger partial charge in [0.05, 0.1) is 12.1 Å². The summed E-state index contributed by atoms with van der Waals surface area (Å²) in [6.45, 7) is 0.725. The van der Waals surface area contributed by atoms with E-state index < -0.39 is 5.97 Å². The Labute approximate surface area is 113 Å². The Kier molecular flexibility index (Phi) is 3.81. The van der Waals surface area contributed by atoms with Crippen LogP contribution in [-0.4, -0.2) is 35.0 Å². The predicted molar refractivity (Wildman–Crippen MR) is 70.4 cm³/mol. The first-order valence-electron chi connectivity index (χ1n) is 5.55. The van der Waals surface area contributed by atoms with Crippen LogP contribution in [-0.2, 0) is 4.79 Å². The second-order valence-corrected chi connectivity index (χ2v) is 4.98. The lowest BCUT2D eigenvalue weighted by atomic mass is 10.1. The summed E-state index contributed by atoms with van der Waals surface area (Å²) in [4.78, 5) is 24.7. The fraction of sp³-hybridized carbons (Fsp3) is 0.231. The molecule has 1 heterocycles. The van der Waals surface area contributed by atoms with Crippen molar-refractivity contribution in [3.05, 3.63) is 46.0 Å². The average molecular weight is 310 g/mol. The minimum Gasteiger partial charge on any atom is -0.478 e. The van der Waals surface area contributed by atoms with Crippen LogP contribution < -0.4 is 0 Å². The lowest BCUT2D eigenvalue weighted by Crippen LogP contribution is -2.37. The summed E-state index contributed by atoms with van der Waals surface area (Å²) in [6.07, 6.45) is 2.26. The number of carboxylic acid groups (broad SMARTS) is 1. The van der Waals surface area contributed by atoms with Crippen LogP contribution in [0.2, 0.25) is 0 Å². The number of benzene rings is 1. The Morgan fingerprint density at radius 1 is 1.33 bits per heavy atom. The largest absolute Gasteiger partial charge is 0.478 e. The molecular formula is C13H12BrNO3. The molecule has 2 rings (SSSR count). The normalized spacial score (nSPS) is 15.2. The third-order valence-electron chi connectivity index (χ3n) is 2.78. The summed E-state index contributed by atoms with van der Waals surface area (Å²) in [5, 5.41) is 8.94. The quantitative estimate of drug-likeness (QED) is 0.912. The maximum Gasteiger partial charge on any atom is 0.333 e. The van der Waals surface area contributed by atoms with E-state index in [4.69, 9.17) is 5.11 Å². The van der Waals surface area contributed by atoms with Crippen LogP contribution in [0.1, 0.15) is 16.8 Å². The number of carbonyl (C=O) groups excluding carboxylic acids is 1. The number of aliphatic carboxylic acids is 1. The SMILES string of the molecule is O=C(O)C1=CCCN(C(=O)c2cccc(Br)c2)C1. The van der Waals surface area contributed by atoms with Gasteiger partial charge in [-0.1, -0.05) is 28.1 Å². The summed E-state index contributed by atoms with van der Waals surface area (Å²) in [7, 11) is 0. The summed E-state index contributed by atoms with van der Waals surface area (Å²) in [5.41, 5.74) is 0.848. The minimum atomic E-state index is -0.957. The van der Waals surface area contributed by atoms with E-state index in [1.54, 1.807) is 29.2 Å². The Morgan fingerprint density at radius 2 is 2.11 bits per heavy atom. The third kappa shape index (κ3) is 2.79. The van der Waals surface area contributed by atoms with Gasteiger partial charge in [0.25, 0.3) is 5.91 Å². The lowest BCUT2D eigenvalue weighted by molar-refractivity contribution is -0.132. The monoisotopic (exact) mass is 309 g/mol. The van der Waals surface area contributed by atoms with Crippen molar-refractivity contribution in [1.29, 1.82) is 0 Å². The van der Waals surface area contributed by atoms with Crippen LogP contribution in [0.3, 0.4) is 0 Å². The smallest absolute Gasteiger partial charge is 0.333 e. The molecule has 0 aromatic heterocycles. The first kappa shape index (κ1) is 12.8. The Bertz CT molecular complexity index is 525. The molecule has 94 valence electrons. The molecule has 1 aromatic rings. The molecule has 1 aliphatic rings. The number of carbonyl (C=O) groups is 2. The van der Waals surface area contributed by atoms with Crippen molar-refractivity contribution in [2.75, 3.05) is 13.1 Å². The van der Waals surface area contributed by atoms with E-state index in [0.29, 0.717) is 18.5 Å². The Hall–Kier alpha value is -1.62.